The van der Waals surface area contributed by atoms with Crippen molar-refractivity contribution < 1.29 is 0 Å². The standard InChI is InChI=1S/C18H29N7/c1-14-10-15(2)13-24(12-14)9-7-20-18(19-3)21-11-17-23-22-16-6-4-5-8-25(16)17/h4-6,8,14-15H,7,9-13H2,1-3H3,(H2,19,20,21). The highest BCUT2D eigenvalue weighted by Crippen LogP contribution is 2.20. The van der Waals surface area contributed by atoms with Gasteiger partial charge in [-0.1, -0.05) is 19.9 Å². The van der Waals surface area contributed by atoms with Gasteiger partial charge >= 0.3 is 0 Å². The van der Waals surface area contributed by atoms with Gasteiger partial charge in [0, 0.05) is 39.4 Å². The average Bonchev–Trinajstić information content (AvgIpc) is 3.00. The van der Waals surface area contributed by atoms with Crippen LogP contribution in [-0.4, -0.2) is 58.7 Å². The molecule has 0 saturated carbocycles. The number of aliphatic imine (C=N–C) groups is 1. The van der Waals surface area contributed by atoms with E-state index in [4.69, 9.17) is 0 Å². The fraction of sp³-hybridized carbons (Fsp3) is 0.611. The van der Waals surface area contributed by atoms with Crippen molar-refractivity contribution in [3.63, 3.8) is 0 Å². The van der Waals surface area contributed by atoms with E-state index in [1.54, 1.807) is 7.05 Å². The second-order valence-electron chi connectivity index (χ2n) is 7.10. The number of hydrogen-bond donors (Lipinski definition) is 2. The normalized spacial score (nSPS) is 22.3. The Morgan fingerprint density at radius 2 is 2.00 bits per heavy atom. The lowest BCUT2D eigenvalue weighted by Crippen LogP contribution is -2.45. The lowest BCUT2D eigenvalue weighted by atomic mass is 9.92. The van der Waals surface area contributed by atoms with E-state index < -0.39 is 0 Å². The summed E-state index contributed by atoms with van der Waals surface area (Å²) in [5.41, 5.74) is 0.857. The van der Waals surface area contributed by atoms with Gasteiger partial charge in [0.2, 0.25) is 0 Å². The van der Waals surface area contributed by atoms with Crippen molar-refractivity contribution in [1.29, 1.82) is 0 Å². The molecule has 1 saturated heterocycles. The largest absolute Gasteiger partial charge is 0.355 e. The van der Waals surface area contributed by atoms with Crippen LogP contribution in [-0.2, 0) is 6.54 Å². The van der Waals surface area contributed by atoms with E-state index in [0.29, 0.717) is 6.54 Å². The van der Waals surface area contributed by atoms with Gasteiger partial charge in [0.05, 0.1) is 6.54 Å². The molecule has 1 aliphatic rings. The van der Waals surface area contributed by atoms with Crippen LogP contribution in [0.25, 0.3) is 5.65 Å². The van der Waals surface area contributed by atoms with Crippen molar-refractivity contribution in [2.24, 2.45) is 16.8 Å². The maximum absolute atomic E-state index is 4.30. The van der Waals surface area contributed by atoms with Gasteiger partial charge < -0.3 is 15.5 Å². The fourth-order valence-corrected chi connectivity index (χ4v) is 3.70. The number of piperidine rings is 1. The summed E-state index contributed by atoms with van der Waals surface area (Å²) >= 11 is 0. The molecule has 0 amide bonds. The van der Waals surface area contributed by atoms with Crippen molar-refractivity contribution in [2.45, 2.75) is 26.8 Å². The molecule has 25 heavy (non-hydrogen) atoms. The summed E-state index contributed by atoms with van der Waals surface area (Å²) in [4.78, 5) is 6.85. The number of nitrogens with one attached hydrogen (secondary N) is 2. The van der Waals surface area contributed by atoms with Crippen LogP contribution >= 0.6 is 0 Å². The van der Waals surface area contributed by atoms with Crippen LogP contribution < -0.4 is 10.6 Å². The zero-order valence-corrected chi connectivity index (χ0v) is 15.4. The highest BCUT2D eigenvalue weighted by atomic mass is 15.3. The molecule has 2 unspecified atom stereocenters. The smallest absolute Gasteiger partial charge is 0.191 e. The Morgan fingerprint density at radius 3 is 2.76 bits per heavy atom. The van der Waals surface area contributed by atoms with Gasteiger partial charge in [0.1, 0.15) is 0 Å². The van der Waals surface area contributed by atoms with Crippen LogP contribution in [0.15, 0.2) is 29.4 Å². The number of nitrogens with zero attached hydrogens (tertiary/aromatic N) is 5. The Morgan fingerprint density at radius 1 is 1.20 bits per heavy atom. The van der Waals surface area contributed by atoms with Crippen molar-refractivity contribution >= 4 is 11.6 Å². The zero-order chi connectivity index (χ0) is 17.6. The lowest BCUT2D eigenvalue weighted by Gasteiger charge is -2.35. The Balaban J connectivity index is 1.45. The van der Waals surface area contributed by atoms with Gasteiger partial charge in [-0.2, -0.15) is 0 Å². The van der Waals surface area contributed by atoms with E-state index in [9.17, 15) is 0 Å². The van der Waals surface area contributed by atoms with Gasteiger partial charge in [-0.15, -0.1) is 10.2 Å². The Hall–Kier alpha value is -2.15. The SMILES string of the molecule is CN=C(NCCN1CC(C)CC(C)C1)NCc1nnc2ccccn12. The molecule has 1 aliphatic heterocycles. The van der Waals surface area contributed by atoms with Crippen LogP contribution in [0.4, 0.5) is 0 Å². The summed E-state index contributed by atoms with van der Waals surface area (Å²) in [5.74, 6) is 3.26. The molecule has 0 aromatic carbocycles. The van der Waals surface area contributed by atoms with Crippen molar-refractivity contribution in [1.82, 2.24) is 30.1 Å². The third kappa shape index (κ3) is 4.69. The topological polar surface area (TPSA) is 69.8 Å². The molecule has 136 valence electrons. The van der Waals surface area contributed by atoms with Gasteiger partial charge in [0.25, 0.3) is 0 Å². The molecule has 2 N–H and O–H groups in total. The molecule has 2 atom stereocenters. The van der Waals surface area contributed by atoms with Gasteiger partial charge in [-0.25, -0.2) is 0 Å². The summed E-state index contributed by atoms with van der Waals surface area (Å²) in [5, 5.41) is 15.1. The predicted molar refractivity (Wildman–Crippen MR) is 101 cm³/mol. The highest BCUT2D eigenvalue weighted by Gasteiger charge is 2.21. The first-order valence-electron chi connectivity index (χ1n) is 9.11. The van der Waals surface area contributed by atoms with E-state index in [1.807, 2.05) is 28.8 Å². The third-order valence-corrected chi connectivity index (χ3v) is 4.69. The number of guanidine groups is 1. The monoisotopic (exact) mass is 343 g/mol. The third-order valence-electron chi connectivity index (χ3n) is 4.69. The molecule has 0 spiro atoms. The van der Waals surface area contributed by atoms with Crippen LogP contribution in [0, 0.1) is 11.8 Å². The Labute approximate surface area is 149 Å². The summed E-state index contributed by atoms with van der Waals surface area (Å²) in [6.07, 6.45) is 3.32. The molecule has 3 rings (SSSR count). The van der Waals surface area contributed by atoms with E-state index in [2.05, 4.69) is 44.6 Å². The van der Waals surface area contributed by atoms with Crippen molar-refractivity contribution in [2.75, 3.05) is 33.2 Å². The fourth-order valence-electron chi connectivity index (χ4n) is 3.70. The van der Waals surface area contributed by atoms with E-state index >= 15 is 0 Å². The molecule has 0 aliphatic carbocycles. The summed E-state index contributed by atoms with van der Waals surface area (Å²) in [6.45, 7) is 9.61. The maximum atomic E-state index is 4.30. The first-order valence-corrected chi connectivity index (χ1v) is 9.11. The molecule has 3 heterocycles. The first-order chi connectivity index (χ1) is 12.2. The molecule has 7 heteroatoms. The van der Waals surface area contributed by atoms with Gasteiger partial charge in [-0.05, 0) is 30.4 Å². The molecule has 2 aromatic rings. The molecule has 0 radical (unpaired) electrons. The first kappa shape index (κ1) is 17.7. The number of pyridine rings is 1. The van der Waals surface area contributed by atoms with E-state index in [1.165, 1.54) is 19.5 Å². The zero-order valence-electron chi connectivity index (χ0n) is 15.4. The Kier molecular flexibility index (Phi) is 5.86. The predicted octanol–water partition coefficient (Wildman–Crippen LogP) is 1.37. The molecule has 7 nitrogen and oxygen atoms in total. The maximum Gasteiger partial charge on any atom is 0.191 e. The number of likely N-dealkylation sites (tertiary alicyclic amines) is 1. The number of aromatic nitrogens is 3. The number of rotatable bonds is 5. The second-order valence-corrected chi connectivity index (χ2v) is 7.10. The molecule has 2 aromatic heterocycles. The minimum absolute atomic E-state index is 0.586. The molecular formula is C18H29N7. The average molecular weight is 343 g/mol. The van der Waals surface area contributed by atoms with Crippen molar-refractivity contribution in [3.05, 3.63) is 30.2 Å². The van der Waals surface area contributed by atoms with Crippen LogP contribution in [0.5, 0.6) is 0 Å². The highest BCUT2D eigenvalue weighted by molar-refractivity contribution is 5.79. The van der Waals surface area contributed by atoms with Crippen LogP contribution in [0.2, 0.25) is 0 Å². The summed E-state index contributed by atoms with van der Waals surface area (Å²) in [6, 6.07) is 5.89. The summed E-state index contributed by atoms with van der Waals surface area (Å²) in [7, 11) is 1.79. The van der Waals surface area contributed by atoms with E-state index in [-0.39, 0.29) is 0 Å². The van der Waals surface area contributed by atoms with E-state index in [0.717, 1.165) is 42.4 Å². The molecule has 0 bridgehead atoms. The number of fused-ring (bicyclic) bond motifs is 1. The number of hydrogen-bond acceptors (Lipinski definition) is 4. The second kappa shape index (κ2) is 8.29. The van der Waals surface area contributed by atoms with Crippen LogP contribution in [0.1, 0.15) is 26.1 Å². The van der Waals surface area contributed by atoms with Gasteiger partial charge in [-0.3, -0.25) is 9.39 Å². The quantitative estimate of drug-likeness (QED) is 0.634. The molecule has 1 fully saturated rings. The Bertz CT molecular complexity index is 698. The van der Waals surface area contributed by atoms with Crippen molar-refractivity contribution in [3.8, 4) is 0 Å². The lowest BCUT2D eigenvalue weighted by molar-refractivity contribution is 0.143. The summed E-state index contributed by atoms with van der Waals surface area (Å²) < 4.78 is 1.98. The minimum Gasteiger partial charge on any atom is -0.355 e. The van der Waals surface area contributed by atoms with Gasteiger partial charge in [0.15, 0.2) is 17.4 Å². The molecular weight excluding hydrogens is 314 g/mol. The minimum atomic E-state index is 0.586. The van der Waals surface area contributed by atoms with Crippen LogP contribution in [0.3, 0.4) is 0 Å².